The minimum atomic E-state index is -0.363. The van der Waals surface area contributed by atoms with Crippen molar-refractivity contribution in [3.8, 4) is 0 Å². The van der Waals surface area contributed by atoms with Crippen LogP contribution in [-0.4, -0.2) is 21.1 Å². The predicted molar refractivity (Wildman–Crippen MR) is 81.9 cm³/mol. The summed E-state index contributed by atoms with van der Waals surface area (Å²) in [6.07, 6.45) is 2.78. The molecule has 0 aliphatic heterocycles. The number of benzene rings is 1. The molecule has 0 radical (unpaired) electrons. The van der Waals surface area contributed by atoms with Crippen LogP contribution in [0, 0.1) is 6.92 Å². The van der Waals surface area contributed by atoms with Gasteiger partial charge in [-0.05, 0) is 37.8 Å². The van der Waals surface area contributed by atoms with Gasteiger partial charge < -0.3 is 9.26 Å². The van der Waals surface area contributed by atoms with E-state index in [1.54, 1.807) is 6.92 Å². The number of pyridine rings is 1. The van der Waals surface area contributed by atoms with E-state index in [9.17, 15) is 4.79 Å². The summed E-state index contributed by atoms with van der Waals surface area (Å²) in [5, 5.41) is 4.52. The lowest BCUT2D eigenvalue weighted by molar-refractivity contribution is 0.0431. The summed E-state index contributed by atoms with van der Waals surface area (Å²) in [4.78, 5) is 21.4. The molecule has 4 rings (SSSR count). The minimum Gasteiger partial charge on any atom is -0.452 e. The first-order valence-electron chi connectivity index (χ1n) is 7.59. The van der Waals surface area contributed by atoms with Crippen molar-refractivity contribution in [2.75, 3.05) is 0 Å². The number of nitrogens with zero attached hydrogens (tertiary/aromatic N) is 3. The Morgan fingerprint density at radius 3 is 2.96 bits per heavy atom. The van der Waals surface area contributed by atoms with Gasteiger partial charge in [0.1, 0.15) is 0 Å². The van der Waals surface area contributed by atoms with Gasteiger partial charge in [0.15, 0.2) is 12.4 Å². The van der Waals surface area contributed by atoms with Gasteiger partial charge >= 0.3 is 5.97 Å². The Balaban J connectivity index is 1.71. The molecule has 0 fully saturated rings. The predicted octanol–water partition coefficient (Wildman–Crippen LogP) is 2.77. The molecule has 1 aromatic carbocycles. The van der Waals surface area contributed by atoms with E-state index in [-0.39, 0.29) is 12.6 Å². The highest BCUT2D eigenvalue weighted by Crippen LogP contribution is 2.30. The highest BCUT2D eigenvalue weighted by atomic mass is 16.6. The van der Waals surface area contributed by atoms with Crippen molar-refractivity contribution in [1.82, 2.24) is 15.1 Å². The normalized spacial score (nSPS) is 13.3. The number of carbonyl (C=O) groups is 1. The second-order valence-electron chi connectivity index (χ2n) is 5.59. The number of carbonyl (C=O) groups excluding carboxylic acids is 1. The molecule has 0 atom stereocenters. The van der Waals surface area contributed by atoms with Gasteiger partial charge in [0.2, 0.25) is 0 Å². The molecule has 0 bridgehead atoms. The Kier molecular flexibility index (Phi) is 3.29. The van der Waals surface area contributed by atoms with Crippen LogP contribution in [-0.2, 0) is 24.2 Å². The molecule has 1 aliphatic rings. The van der Waals surface area contributed by atoms with Crippen molar-refractivity contribution < 1.29 is 14.1 Å². The second-order valence-corrected chi connectivity index (χ2v) is 5.59. The Bertz CT molecular complexity index is 901. The average Bonchev–Trinajstić information content (AvgIpc) is 3.18. The van der Waals surface area contributed by atoms with E-state index >= 15 is 0 Å². The first-order valence-corrected chi connectivity index (χ1v) is 7.59. The van der Waals surface area contributed by atoms with Crippen LogP contribution in [0.25, 0.3) is 10.9 Å². The Labute approximate surface area is 132 Å². The molecule has 6 heteroatoms. The summed E-state index contributed by atoms with van der Waals surface area (Å²) in [6, 6.07) is 7.66. The second kappa shape index (κ2) is 5.46. The first kappa shape index (κ1) is 13.9. The van der Waals surface area contributed by atoms with E-state index in [4.69, 9.17) is 9.26 Å². The van der Waals surface area contributed by atoms with E-state index in [0.29, 0.717) is 17.3 Å². The maximum absolute atomic E-state index is 12.7. The lowest BCUT2D eigenvalue weighted by Gasteiger charge is -2.11. The number of ether oxygens (including phenoxy) is 1. The van der Waals surface area contributed by atoms with Crippen molar-refractivity contribution in [3.05, 3.63) is 52.8 Å². The highest BCUT2D eigenvalue weighted by Gasteiger charge is 2.25. The van der Waals surface area contributed by atoms with E-state index in [2.05, 4.69) is 15.1 Å². The first-order chi connectivity index (χ1) is 11.2. The third-order valence-corrected chi connectivity index (χ3v) is 4.02. The summed E-state index contributed by atoms with van der Waals surface area (Å²) in [5.41, 5.74) is 3.47. The molecule has 1 aliphatic carbocycles. The molecule has 116 valence electrons. The summed E-state index contributed by atoms with van der Waals surface area (Å²) in [5.74, 6) is 0.453. The van der Waals surface area contributed by atoms with Gasteiger partial charge in [-0.15, -0.1) is 0 Å². The van der Waals surface area contributed by atoms with Gasteiger partial charge in [0.05, 0.1) is 11.1 Å². The quantitative estimate of drug-likeness (QED) is 0.692. The summed E-state index contributed by atoms with van der Waals surface area (Å²) < 4.78 is 10.4. The topological polar surface area (TPSA) is 78.1 Å². The Morgan fingerprint density at radius 1 is 1.26 bits per heavy atom. The van der Waals surface area contributed by atoms with E-state index in [0.717, 1.165) is 41.4 Å². The van der Waals surface area contributed by atoms with Crippen LogP contribution in [0.3, 0.4) is 0 Å². The molecule has 0 saturated heterocycles. The van der Waals surface area contributed by atoms with Crippen molar-refractivity contribution in [3.63, 3.8) is 0 Å². The molecule has 23 heavy (non-hydrogen) atoms. The van der Waals surface area contributed by atoms with Gasteiger partial charge in [0.25, 0.3) is 5.89 Å². The minimum absolute atomic E-state index is 0.0227. The molecular formula is C17H15N3O3. The lowest BCUT2D eigenvalue weighted by atomic mass is 10.0. The zero-order valence-electron chi connectivity index (χ0n) is 12.7. The van der Waals surface area contributed by atoms with E-state index in [1.807, 2.05) is 24.3 Å². The van der Waals surface area contributed by atoms with Crippen LogP contribution in [0.15, 0.2) is 28.8 Å². The molecular weight excluding hydrogens is 294 g/mol. The molecule has 2 heterocycles. The van der Waals surface area contributed by atoms with Crippen molar-refractivity contribution >= 4 is 16.9 Å². The molecule has 0 N–H and O–H groups in total. The van der Waals surface area contributed by atoms with E-state index < -0.39 is 0 Å². The smallest absolute Gasteiger partial charge is 0.339 e. The number of para-hydroxylation sites is 1. The number of aryl methyl sites for hydroxylation is 2. The average molecular weight is 309 g/mol. The molecule has 6 nitrogen and oxygen atoms in total. The monoisotopic (exact) mass is 309 g/mol. The molecule has 0 unspecified atom stereocenters. The van der Waals surface area contributed by atoms with Crippen LogP contribution < -0.4 is 0 Å². The van der Waals surface area contributed by atoms with Crippen LogP contribution in [0.4, 0.5) is 0 Å². The zero-order valence-corrected chi connectivity index (χ0v) is 12.7. The number of hydrogen-bond donors (Lipinski definition) is 0. The Morgan fingerprint density at radius 2 is 2.13 bits per heavy atom. The highest BCUT2D eigenvalue weighted by molar-refractivity contribution is 6.05. The van der Waals surface area contributed by atoms with Crippen LogP contribution >= 0.6 is 0 Å². The summed E-state index contributed by atoms with van der Waals surface area (Å²) in [6.45, 7) is 1.70. The Hall–Kier alpha value is -2.76. The van der Waals surface area contributed by atoms with Crippen LogP contribution in [0.2, 0.25) is 0 Å². The molecule has 0 spiro atoms. The molecule has 0 amide bonds. The maximum Gasteiger partial charge on any atom is 0.339 e. The van der Waals surface area contributed by atoms with E-state index in [1.165, 1.54) is 0 Å². The molecule has 3 aromatic rings. The maximum atomic E-state index is 12.7. The number of hydrogen-bond acceptors (Lipinski definition) is 6. The number of rotatable bonds is 3. The standard InChI is InChI=1S/C17H15N3O3/c1-10-18-15(23-20-10)9-22-17(21)16-11-5-2-3-7-13(11)19-14-8-4-6-12(14)16/h2-3,5,7H,4,6,8-9H2,1H3. The summed E-state index contributed by atoms with van der Waals surface area (Å²) >= 11 is 0. The fraction of sp³-hybridized carbons (Fsp3) is 0.294. The lowest BCUT2D eigenvalue weighted by Crippen LogP contribution is -2.10. The molecule has 0 saturated carbocycles. The van der Waals surface area contributed by atoms with Gasteiger partial charge in [-0.25, -0.2) is 4.79 Å². The third-order valence-electron chi connectivity index (χ3n) is 4.02. The van der Waals surface area contributed by atoms with Crippen LogP contribution in [0.1, 0.15) is 39.8 Å². The van der Waals surface area contributed by atoms with Gasteiger partial charge in [-0.1, -0.05) is 23.4 Å². The van der Waals surface area contributed by atoms with Crippen molar-refractivity contribution in [2.45, 2.75) is 32.8 Å². The SMILES string of the molecule is Cc1noc(COC(=O)c2c3c(nc4ccccc24)CCC3)n1. The molecule has 2 aromatic heterocycles. The van der Waals surface area contributed by atoms with Crippen LogP contribution in [0.5, 0.6) is 0 Å². The number of aromatic nitrogens is 3. The van der Waals surface area contributed by atoms with Crippen molar-refractivity contribution in [1.29, 1.82) is 0 Å². The van der Waals surface area contributed by atoms with Gasteiger partial charge in [-0.3, -0.25) is 4.98 Å². The fourth-order valence-electron chi connectivity index (χ4n) is 3.04. The fourth-order valence-corrected chi connectivity index (χ4v) is 3.04. The summed E-state index contributed by atoms with van der Waals surface area (Å²) in [7, 11) is 0. The van der Waals surface area contributed by atoms with Gasteiger partial charge in [0, 0.05) is 11.1 Å². The third kappa shape index (κ3) is 2.46. The van der Waals surface area contributed by atoms with Gasteiger partial charge in [-0.2, -0.15) is 4.98 Å². The zero-order chi connectivity index (χ0) is 15.8. The largest absolute Gasteiger partial charge is 0.452 e. The van der Waals surface area contributed by atoms with Crippen molar-refractivity contribution in [2.24, 2.45) is 0 Å². The number of fused-ring (bicyclic) bond motifs is 2. The number of esters is 1.